The lowest BCUT2D eigenvalue weighted by molar-refractivity contribution is 0.0768. The Bertz CT molecular complexity index is 906. The summed E-state index contributed by atoms with van der Waals surface area (Å²) in [5.74, 6) is -0.324. The average molecular weight is 482 g/mol. The molecule has 1 amide bonds. The Morgan fingerprint density at radius 2 is 1.84 bits per heavy atom. The van der Waals surface area contributed by atoms with Gasteiger partial charge < -0.3 is 19.2 Å². The Morgan fingerprint density at radius 1 is 1.19 bits per heavy atom. The van der Waals surface area contributed by atoms with Gasteiger partial charge in [0.05, 0.1) is 17.0 Å². The molecule has 0 fully saturated rings. The van der Waals surface area contributed by atoms with Crippen LogP contribution < -0.4 is 4.74 Å². The summed E-state index contributed by atoms with van der Waals surface area (Å²) < 4.78 is 25.9. The Hall–Kier alpha value is -1.74. The molecule has 178 valence electrons. The normalized spacial score (nSPS) is 13.2. The number of aliphatic hydroxyl groups is 1. The topological polar surface area (TPSA) is 59.0 Å². The highest BCUT2D eigenvalue weighted by Crippen LogP contribution is 2.37. The van der Waals surface area contributed by atoms with Gasteiger partial charge in [0.25, 0.3) is 5.91 Å². The molecule has 0 aliphatic heterocycles. The van der Waals surface area contributed by atoms with Crippen LogP contribution in [0.25, 0.3) is 0 Å². The van der Waals surface area contributed by atoms with Crippen molar-refractivity contribution in [1.29, 1.82) is 0 Å². The maximum atomic E-state index is 14.0. The molecule has 1 heterocycles. The van der Waals surface area contributed by atoms with Gasteiger partial charge in [-0.05, 0) is 55.6 Å². The summed E-state index contributed by atoms with van der Waals surface area (Å²) in [6, 6.07) is 5.79. The summed E-state index contributed by atoms with van der Waals surface area (Å²) in [4.78, 5) is 15.1. The van der Waals surface area contributed by atoms with E-state index in [1.807, 2.05) is 13.8 Å². The molecule has 1 atom stereocenters. The van der Waals surface area contributed by atoms with Crippen LogP contribution in [0.2, 0.25) is 18.1 Å². The molecule has 5 nitrogen and oxygen atoms in total. The SMILES string of the molecule is CCN(CC)C(=O)c1ccsc1C(O)c1ccc(F)cc1OCCO[Si](C)(C)C(C)(C)C. The van der Waals surface area contributed by atoms with Gasteiger partial charge in [0.1, 0.15) is 24.3 Å². The van der Waals surface area contributed by atoms with Crippen LogP contribution >= 0.6 is 11.3 Å². The number of benzene rings is 1. The highest BCUT2D eigenvalue weighted by atomic mass is 32.1. The molecule has 0 radical (unpaired) electrons. The summed E-state index contributed by atoms with van der Waals surface area (Å²) in [5, 5.41) is 13.0. The van der Waals surface area contributed by atoms with Gasteiger partial charge in [-0.2, -0.15) is 0 Å². The van der Waals surface area contributed by atoms with Gasteiger partial charge in [-0.15, -0.1) is 11.3 Å². The van der Waals surface area contributed by atoms with Crippen molar-refractivity contribution < 1.29 is 23.5 Å². The molecule has 1 aromatic carbocycles. The molecule has 1 unspecified atom stereocenters. The Balaban J connectivity index is 2.20. The van der Waals surface area contributed by atoms with E-state index in [9.17, 15) is 14.3 Å². The number of carbonyl (C=O) groups is 1. The molecule has 0 saturated heterocycles. The quantitative estimate of drug-likeness (QED) is 0.341. The zero-order chi connectivity index (χ0) is 24.1. The fourth-order valence-electron chi connectivity index (χ4n) is 3.06. The third kappa shape index (κ3) is 6.19. The minimum atomic E-state index is -1.92. The van der Waals surface area contributed by atoms with E-state index in [0.717, 1.165) is 0 Å². The molecule has 2 rings (SSSR count). The number of aliphatic hydroxyl groups excluding tert-OH is 1. The summed E-state index contributed by atoms with van der Waals surface area (Å²) in [7, 11) is -1.92. The number of ether oxygens (including phenoxy) is 1. The van der Waals surface area contributed by atoms with E-state index in [-0.39, 0.29) is 23.3 Å². The number of nitrogens with zero attached hydrogens (tertiary/aromatic N) is 1. The van der Waals surface area contributed by atoms with Gasteiger partial charge >= 0.3 is 0 Å². The van der Waals surface area contributed by atoms with Gasteiger partial charge in [0.2, 0.25) is 0 Å². The maximum absolute atomic E-state index is 14.0. The molecular formula is C24H36FNO4SSi. The van der Waals surface area contributed by atoms with E-state index in [0.29, 0.717) is 35.7 Å². The van der Waals surface area contributed by atoms with E-state index < -0.39 is 20.2 Å². The maximum Gasteiger partial charge on any atom is 0.255 e. The van der Waals surface area contributed by atoms with Gasteiger partial charge in [-0.1, -0.05) is 20.8 Å². The lowest BCUT2D eigenvalue weighted by Crippen LogP contribution is -2.41. The highest BCUT2D eigenvalue weighted by Gasteiger charge is 2.37. The number of amides is 1. The van der Waals surface area contributed by atoms with E-state index in [2.05, 4.69) is 33.9 Å². The predicted octanol–water partition coefficient (Wildman–Crippen LogP) is 5.85. The number of thiophene rings is 1. The largest absolute Gasteiger partial charge is 0.491 e. The van der Waals surface area contributed by atoms with Crippen LogP contribution in [0.4, 0.5) is 4.39 Å². The van der Waals surface area contributed by atoms with Crippen molar-refractivity contribution in [2.45, 2.75) is 58.9 Å². The number of halogens is 1. The first-order chi connectivity index (χ1) is 14.9. The lowest BCUT2D eigenvalue weighted by Gasteiger charge is -2.36. The molecule has 0 spiro atoms. The minimum Gasteiger partial charge on any atom is -0.491 e. The molecule has 0 saturated carbocycles. The molecule has 0 bridgehead atoms. The van der Waals surface area contributed by atoms with Crippen molar-refractivity contribution in [3.05, 3.63) is 51.5 Å². The van der Waals surface area contributed by atoms with Gasteiger partial charge in [0, 0.05) is 24.7 Å². The molecule has 1 N–H and O–H groups in total. The molecule has 0 aliphatic carbocycles. The molecule has 2 aromatic rings. The average Bonchev–Trinajstić information content (AvgIpc) is 3.20. The summed E-state index contributed by atoms with van der Waals surface area (Å²) in [6.45, 7) is 16.4. The van der Waals surface area contributed by atoms with E-state index in [1.165, 1.54) is 29.5 Å². The zero-order valence-corrected chi connectivity index (χ0v) is 22.0. The van der Waals surface area contributed by atoms with Crippen molar-refractivity contribution in [1.82, 2.24) is 4.90 Å². The second-order valence-corrected chi connectivity index (χ2v) is 15.0. The van der Waals surface area contributed by atoms with Crippen LogP contribution in [0, 0.1) is 5.82 Å². The first kappa shape index (κ1) is 26.5. The van der Waals surface area contributed by atoms with Crippen LogP contribution in [-0.2, 0) is 4.43 Å². The molecule has 32 heavy (non-hydrogen) atoms. The fourth-order valence-corrected chi connectivity index (χ4v) is 4.97. The van der Waals surface area contributed by atoms with E-state index in [4.69, 9.17) is 9.16 Å². The van der Waals surface area contributed by atoms with Gasteiger partial charge in [0.15, 0.2) is 8.32 Å². The van der Waals surface area contributed by atoms with Crippen LogP contribution in [0.1, 0.15) is 61.5 Å². The first-order valence-corrected chi connectivity index (χ1v) is 14.8. The van der Waals surface area contributed by atoms with Crippen molar-refractivity contribution in [2.75, 3.05) is 26.3 Å². The lowest BCUT2D eigenvalue weighted by atomic mass is 10.0. The van der Waals surface area contributed by atoms with Crippen LogP contribution in [0.3, 0.4) is 0 Å². The monoisotopic (exact) mass is 481 g/mol. The van der Waals surface area contributed by atoms with Crippen molar-refractivity contribution in [3.8, 4) is 5.75 Å². The smallest absolute Gasteiger partial charge is 0.255 e. The summed E-state index contributed by atoms with van der Waals surface area (Å²) in [5.41, 5.74) is 0.887. The van der Waals surface area contributed by atoms with Crippen molar-refractivity contribution in [2.24, 2.45) is 0 Å². The fraction of sp³-hybridized carbons (Fsp3) is 0.542. The highest BCUT2D eigenvalue weighted by molar-refractivity contribution is 7.10. The number of hydrogen-bond donors (Lipinski definition) is 1. The standard InChI is InChI=1S/C24H36FNO4SSi/c1-8-26(9-2)23(28)19-12-15-31-22(19)21(27)18-11-10-17(25)16-20(18)29-13-14-30-32(6,7)24(3,4)5/h10-12,15-16,21,27H,8-9,13-14H2,1-7H3. The molecule has 8 heteroatoms. The zero-order valence-electron chi connectivity index (χ0n) is 20.2. The van der Waals surface area contributed by atoms with E-state index >= 15 is 0 Å². The Labute approximate surface area is 196 Å². The van der Waals surface area contributed by atoms with Gasteiger partial charge in [-0.3, -0.25) is 4.79 Å². The van der Waals surface area contributed by atoms with Crippen LogP contribution in [-0.4, -0.2) is 50.5 Å². The number of carbonyl (C=O) groups excluding carboxylic acids is 1. The summed E-state index contributed by atoms with van der Waals surface area (Å²) >= 11 is 1.30. The van der Waals surface area contributed by atoms with Gasteiger partial charge in [-0.25, -0.2) is 4.39 Å². The summed E-state index contributed by atoms with van der Waals surface area (Å²) in [6.07, 6.45) is -1.10. The first-order valence-electron chi connectivity index (χ1n) is 11.0. The van der Waals surface area contributed by atoms with Crippen LogP contribution in [0.15, 0.2) is 29.6 Å². The minimum absolute atomic E-state index is 0.0835. The second kappa shape index (κ2) is 10.9. The number of hydrogen-bond acceptors (Lipinski definition) is 5. The van der Waals surface area contributed by atoms with Crippen molar-refractivity contribution in [3.63, 3.8) is 0 Å². The predicted molar refractivity (Wildman–Crippen MR) is 131 cm³/mol. The third-order valence-electron chi connectivity index (χ3n) is 6.10. The van der Waals surface area contributed by atoms with Crippen molar-refractivity contribution >= 4 is 25.6 Å². The molecule has 0 aliphatic rings. The number of rotatable bonds is 10. The molecule has 1 aromatic heterocycles. The van der Waals surface area contributed by atoms with Crippen LogP contribution in [0.5, 0.6) is 5.75 Å². The molecular weight excluding hydrogens is 445 g/mol. The third-order valence-corrected chi connectivity index (χ3v) is 11.6. The second-order valence-electron chi connectivity index (χ2n) is 9.22. The Morgan fingerprint density at radius 3 is 2.44 bits per heavy atom. The Kier molecular flexibility index (Phi) is 9.04. The van der Waals surface area contributed by atoms with E-state index in [1.54, 1.807) is 16.3 Å².